The molecule has 0 radical (unpaired) electrons. The maximum Gasteiger partial charge on any atom is 0.223 e. The molecule has 1 rings (SSSR count). The summed E-state index contributed by atoms with van der Waals surface area (Å²) in [5.41, 5.74) is 1.13. The first-order valence-corrected chi connectivity index (χ1v) is 6.14. The third-order valence-electron chi connectivity index (χ3n) is 2.86. The highest BCUT2D eigenvalue weighted by Gasteiger charge is 2.08. The number of hydrogen-bond acceptors (Lipinski definition) is 3. The van der Waals surface area contributed by atoms with Gasteiger partial charge < -0.3 is 10.2 Å². The highest BCUT2D eigenvalue weighted by molar-refractivity contribution is 5.76. The van der Waals surface area contributed by atoms with Gasteiger partial charge in [-0.1, -0.05) is 0 Å². The number of nitrogens with one attached hydrogen (secondary N) is 1. The molecule has 5 heteroatoms. The first-order valence-electron chi connectivity index (χ1n) is 6.14. The molecule has 96 valence electrons. The van der Waals surface area contributed by atoms with Crippen molar-refractivity contribution in [1.82, 2.24) is 20.0 Å². The van der Waals surface area contributed by atoms with Gasteiger partial charge in [-0.25, -0.2) is 0 Å². The fourth-order valence-electron chi connectivity index (χ4n) is 1.72. The van der Waals surface area contributed by atoms with E-state index in [0.29, 0.717) is 13.0 Å². The smallest absolute Gasteiger partial charge is 0.223 e. The Bertz CT molecular complexity index is 344. The van der Waals surface area contributed by atoms with Crippen molar-refractivity contribution in [2.75, 3.05) is 19.6 Å². The second-order valence-corrected chi connectivity index (χ2v) is 3.94. The average Bonchev–Trinajstić information content (AvgIpc) is 2.72. The minimum atomic E-state index is 0.215. The molecule has 1 amide bonds. The summed E-state index contributed by atoms with van der Waals surface area (Å²) < 4.78 is 1.83. The Morgan fingerprint density at radius 1 is 1.47 bits per heavy atom. The summed E-state index contributed by atoms with van der Waals surface area (Å²) in [6, 6.07) is 1.97. The fraction of sp³-hybridized carbons (Fsp3) is 0.667. The SMILES string of the molecule is CCN(CC)C(=O)CCNCc1ccnn1C. The van der Waals surface area contributed by atoms with Crippen LogP contribution in [0, 0.1) is 0 Å². The molecular weight excluding hydrogens is 216 g/mol. The summed E-state index contributed by atoms with van der Waals surface area (Å²) in [6.07, 6.45) is 2.33. The Hall–Kier alpha value is -1.36. The summed E-state index contributed by atoms with van der Waals surface area (Å²) in [5, 5.41) is 7.34. The number of rotatable bonds is 7. The Morgan fingerprint density at radius 2 is 2.18 bits per heavy atom. The molecule has 0 fully saturated rings. The van der Waals surface area contributed by atoms with Crippen LogP contribution >= 0.6 is 0 Å². The Morgan fingerprint density at radius 3 is 2.71 bits per heavy atom. The number of nitrogens with zero attached hydrogens (tertiary/aromatic N) is 3. The van der Waals surface area contributed by atoms with Gasteiger partial charge in [0.05, 0.1) is 5.69 Å². The second-order valence-electron chi connectivity index (χ2n) is 3.94. The van der Waals surface area contributed by atoms with Gasteiger partial charge in [-0.05, 0) is 19.9 Å². The number of amides is 1. The quantitative estimate of drug-likeness (QED) is 0.714. The number of hydrogen-bond donors (Lipinski definition) is 1. The van der Waals surface area contributed by atoms with Crippen LogP contribution in [0.25, 0.3) is 0 Å². The first-order chi connectivity index (χ1) is 8.19. The van der Waals surface area contributed by atoms with Crippen LogP contribution < -0.4 is 5.32 Å². The topological polar surface area (TPSA) is 50.2 Å². The van der Waals surface area contributed by atoms with Crippen molar-refractivity contribution in [3.8, 4) is 0 Å². The maximum atomic E-state index is 11.7. The molecule has 0 spiro atoms. The van der Waals surface area contributed by atoms with Crippen LogP contribution in [0.3, 0.4) is 0 Å². The van der Waals surface area contributed by atoms with E-state index in [1.807, 2.05) is 36.5 Å². The van der Waals surface area contributed by atoms with Crippen molar-refractivity contribution >= 4 is 5.91 Å². The van der Waals surface area contributed by atoms with Crippen LogP contribution in [-0.2, 0) is 18.4 Å². The molecule has 1 aromatic heterocycles. The van der Waals surface area contributed by atoms with E-state index in [9.17, 15) is 4.79 Å². The third-order valence-corrected chi connectivity index (χ3v) is 2.86. The van der Waals surface area contributed by atoms with E-state index in [0.717, 1.165) is 25.3 Å². The summed E-state index contributed by atoms with van der Waals surface area (Å²) >= 11 is 0. The molecule has 0 saturated carbocycles. The molecule has 1 heterocycles. The van der Waals surface area contributed by atoms with Crippen molar-refractivity contribution in [3.63, 3.8) is 0 Å². The molecule has 17 heavy (non-hydrogen) atoms. The molecule has 0 aliphatic carbocycles. The lowest BCUT2D eigenvalue weighted by Crippen LogP contribution is -2.32. The number of carbonyl (C=O) groups is 1. The summed E-state index contributed by atoms with van der Waals surface area (Å²) in [4.78, 5) is 13.6. The molecule has 0 bridgehead atoms. The van der Waals surface area contributed by atoms with Crippen molar-refractivity contribution in [2.24, 2.45) is 7.05 Å². The van der Waals surface area contributed by atoms with E-state index in [1.54, 1.807) is 6.20 Å². The van der Waals surface area contributed by atoms with Crippen molar-refractivity contribution in [3.05, 3.63) is 18.0 Å². The van der Waals surface area contributed by atoms with Gasteiger partial charge in [0, 0.05) is 45.8 Å². The van der Waals surface area contributed by atoms with Crippen molar-refractivity contribution < 1.29 is 4.79 Å². The molecule has 0 aromatic carbocycles. The van der Waals surface area contributed by atoms with Gasteiger partial charge >= 0.3 is 0 Å². The van der Waals surface area contributed by atoms with Crippen LogP contribution in [0.15, 0.2) is 12.3 Å². The second kappa shape index (κ2) is 7.06. The lowest BCUT2D eigenvalue weighted by atomic mass is 10.3. The van der Waals surface area contributed by atoms with Gasteiger partial charge in [-0.2, -0.15) is 5.10 Å². The fourth-order valence-corrected chi connectivity index (χ4v) is 1.72. The van der Waals surface area contributed by atoms with E-state index in [2.05, 4.69) is 10.4 Å². The van der Waals surface area contributed by atoms with Gasteiger partial charge in [0.1, 0.15) is 0 Å². The normalized spacial score (nSPS) is 10.5. The molecule has 1 N–H and O–H groups in total. The minimum Gasteiger partial charge on any atom is -0.343 e. The van der Waals surface area contributed by atoms with Crippen LogP contribution in [0.4, 0.5) is 0 Å². The van der Waals surface area contributed by atoms with Gasteiger partial charge in [0.15, 0.2) is 0 Å². The summed E-state index contributed by atoms with van der Waals surface area (Å²) in [6.45, 7) is 7.05. The lowest BCUT2D eigenvalue weighted by molar-refractivity contribution is -0.130. The standard InChI is InChI=1S/C12H22N4O/c1-4-16(5-2)12(17)7-8-13-10-11-6-9-14-15(11)3/h6,9,13H,4-5,7-8,10H2,1-3H3. The average molecular weight is 238 g/mol. The molecular formula is C12H22N4O. The van der Waals surface area contributed by atoms with E-state index >= 15 is 0 Å². The summed E-state index contributed by atoms with van der Waals surface area (Å²) in [5.74, 6) is 0.215. The van der Waals surface area contributed by atoms with Gasteiger partial charge in [0.2, 0.25) is 5.91 Å². The zero-order chi connectivity index (χ0) is 12.7. The predicted octanol–water partition coefficient (Wildman–Crippen LogP) is 0.768. The molecule has 5 nitrogen and oxygen atoms in total. The summed E-state index contributed by atoms with van der Waals surface area (Å²) in [7, 11) is 1.91. The lowest BCUT2D eigenvalue weighted by Gasteiger charge is -2.18. The van der Waals surface area contributed by atoms with Gasteiger partial charge in [-0.15, -0.1) is 0 Å². The zero-order valence-electron chi connectivity index (χ0n) is 10.9. The molecule has 0 aliphatic heterocycles. The Kier molecular flexibility index (Phi) is 5.69. The van der Waals surface area contributed by atoms with Crippen LogP contribution in [0.1, 0.15) is 26.0 Å². The largest absolute Gasteiger partial charge is 0.343 e. The number of aryl methyl sites for hydroxylation is 1. The van der Waals surface area contributed by atoms with Crippen molar-refractivity contribution in [2.45, 2.75) is 26.8 Å². The molecule has 1 aromatic rings. The van der Waals surface area contributed by atoms with Crippen LogP contribution in [-0.4, -0.2) is 40.2 Å². The maximum absolute atomic E-state index is 11.7. The van der Waals surface area contributed by atoms with Crippen molar-refractivity contribution in [1.29, 1.82) is 0 Å². The van der Waals surface area contributed by atoms with Gasteiger partial charge in [0.25, 0.3) is 0 Å². The first kappa shape index (κ1) is 13.7. The highest BCUT2D eigenvalue weighted by atomic mass is 16.2. The van der Waals surface area contributed by atoms with Crippen LogP contribution in [0.5, 0.6) is 0 Å². The van der Waals surface area contributed by atoms with E-state index in [1.165, 1.54) is 0 Å². The zero-order valence-corrected chi connectivity index (χ0v) is 10.9. The van der Waals surface area contributed by atoms with E-state index in [-0.39, 0.29) is 5.91 Å². The van der Waals surface area contributed by atoms with E-state index < -0.39 is 0 Å². The van der Waals surface area contributed by atoms with Crippen LogP contribution in [0.2, 0.25) is 0 Å². The Balaban J connectivity index is 2.20. The van der Waals surface area contributed by atoms with Gasteiger partial charge in [-0.3, -0.25) is 9.48 Å². The monoisotopic (exact) mass is 238 g/mol. The molecule has 0 aliphatic rings. The number of carbonyl (C=O) groups excluding carboxylic acids is 1. The van der Waals surface area contributed by atoms with E-state index in [4.69, 9.17) is 0 Å². The Labute approximate surface area is 103 Å². The predicted molar refractivity (Wildman–Crippen MR) is 67.5 cm³/mol. The molecule has 0 saturated heterocycles. The minimum absolute atomic E-state index is 0.215. The molecule has 0 atom stereocenters. The third kappa shape index (κ3) is 4.19. The molecule has 0 unspecified atom stereocenters. The number of aromatic nitrogens is 2. The highest BCUT2D eigenvalue weighted by Crippen LogP contribution is 1.96.